The van der Waals surface area contributed by atoms with Gasteiger partial charge in [0.25, 0.3) is 5.91 Å². The largest absolute Gasteiger partial charge is 0.352 e. The summed E-state index contributed by atoms with van der Waals surface area (Å²) in [5.74, 6) is -0.0133. The minimum Gasteiger partial charge on any atom is -0.352 e. The van der Waals surface area contributed by atoms with Crippen LogP contribution in [0.5, 0.6) is 0 Å². The van der Waals surface area contributed by atoms with Gasteiger partial charge in [0.2, 0.25) is 5.91 Å². The van der Waals surface area contributed by atoms with Crippen LogP contribution in [0.4, 0.5) is 5.13 Å². The lowest BCUT2D eigenvalue weighted by Gasteiger charge is -2.07. The Morgan fingerprint density at radius 1 is 1.22 bits per heavy atom. The summed E-state index contributed by atoms with van der Waals surface area (Å²) in [6, 6.07) is 7.30. The van der Waals surface area contributed by atoms with Gasteiger partial charge in [-0.15, -0.1) is 0 Å². The summed E-state index contributed by atoms with van der Waals surface area (Å²) in [7, 11) is 0. The maximum absolute atomic E-state index is 12.6. The Morgan fingerprint density at radius 2 is 2.12 bits per heavy atom. The van der Waals surface area contributed by atoms with Gasteiger partial charge < -0.3 is 15.2 Å². The predicted octanol–water partition coefficient (Wildman–Crippen LogP) is 3.12. The van der Waals surface area contributed by atoms with Gasteiger partial charge in [-0.3, -0.25) is 9.59 Å². The molecule has 9 nitrogen and oxygen atoms in total. The smallest absolute Gasteiger partial charge is 0.251 e. The van der Waals surface area contributed by atoms with Crippen LogP contribution in [0.2, 0.25) is 0 Å². The van der Waals surface area contributed by atoms with Gasteiger partial charge in [0, 0.05) is 42.5 Å². The van der Waals surface area contributed by atoms with E-state index >= 15 is 0 Å². The van der Waals surface area contributed by atoms with Crippen molar-refractivity contribution in [3.63, 3.8) is 0 Å². The molecule has 1 aliphatic rings. The average Bonchev–Trinajstić information content (AvgIpc) is 3.39. The molecule has 0 aliphatic heterocycles. The van der Waals surface area contributed by atoms with Crippen LogP contribution in [-0.4, -0.2) is 42.9 Å². The third-order valence-corrected chi connectivity index (χ3v) is 6.01. The second-order valence-corrected chi connectivity index (χ2v) is 8.63. The molecule has 2 amide bonds. The van der Waals surface area contributed by atoms with E-state index < -0.39 is 0 Å². The normalized spacial score (nSPS) is 13.2. The molecule has 1 saturated carbocycles. The van der Waals surface area contributed by atoms with Crippen LogP contribution in [0.1, 0.15) is 29.6 Å². The van der Waals surface area contributed by atoms with E-state index in [-0.39, 0.29) is 17.7 Å². The number of imidazole rings is 1. The van der Waals surface area contributed by atoms with Crippen molar-refractivity contribution in [2.24, 2.45) is 5.92 Å². The van der Waals surface area contributed by atoms with Crippen LogP contribution in [0.15, 0.2) is 49.2 Å². The van der Waals surface area contributed by atoms with Gasteiger partial charge in [0.05, 0.1) is 18.2 Å². The van der Waals surface area contributed by atoms with Gasteiger partial charge in [-0.1, -0.05) is 23.5 Å². The number of anilines is 1. The zero-order chi connectivity index (χ0) is 21.9. The molecule has 4 aromatic rings. The SMILES string of the molecule is O=C(NCCCn1ccnc1)c1cccc(-c2cnc3nc(NC(=O)C4CC4)sc3n2)c1. The fourth-order valence-electron chi connectivity index (χ4n) is 3.27. The topological polar surface area (TPSA) is 115 Å². The molecule has 162 valence electrons. The second kappa shape index (κ2) is 8.83. The van der Waals surface area contributed by atoms with Crippen LogP contribution in [0, 0.1) is 5.92 Å². The number of carbonyl (C=O) groups excluding carboxylic acids is 2. The number of thiazole rings is 1. The van der Waals surface area contributed by atoms with E-state index in [2.05, 4.69) is 30.6 Å². The summed E-state index contributed by atoms with van der Waals surface area (Å²) in [4.78, 5) is 42.5. The first-order chi connectivity index (χ1) is 15.7. The second-order valence-electron chi connectivity index (χ2n) is 7.66. The van der Waals surface area contributed by atoms with E-state index in [4.69, 9.17) is 0 Å². The minimum absolute atomic E-state index is 0.00743. The number of rotatable bonds is 8. The van der Waals surface area contributed by atoms with Crippen molar-refractivity contribution < 1.29 is 9.59 Å². The van der Waals surface area contributed by atoms with E-state index in [1.165, 1.54) is 11.3 Å². The number of hydrogen-bond acceptors (Lipinski definition) is 7. The maximum atomic E-state index is 12.6. The molecule has 5 rings (SSSR count). The van der Waals surface area contributed by atoms with E-state index in [0.29, 0.717) is 33.4 Å². The lowest BCUT2D eigenvalue weighted by atomic mass is 10.1. The number of nitrogens with zero attached hydrogens (tertiary/aromatic N) is 5. The average molecular weight is 448 g/mol. The maximum Gasteiger partial charge on any atom is 0.251 e. The van der Waals surface area contributed by atoms with Gasteiger partial charge >= 0.3 is 0 Å². The van der Waals surface area contributed by atoms with E-state index in [9.17, 15) is 9.59 Å². The van der Waals surface area contributed by atoms with Crippen LogP contribution in [0.25, 0.3) is 21.7 Å². The zero-order valence-corrected chi connectivity index (χ0v) is 18.0. The molecule has 0 bridgehead atoms. The number of benzene rings is 1. The monoisotopic (exact) mass is 447 g/mol. The van der Waals surface area contributed by atoms with Crippen molar-refractivity contribution in [2.75, 3.05) is 11.9 Å². The third-order valence-electron chi connectivity index (χ3n) is 5.16. The molecular formula is C22H21N7O2S. The van der Waals surface area contributed by atoms with Gasteiger partial charge in [-0.25, -0.2) is 15.0 Å². The molecule has 2 N–H and O–H groups in total. The van der Waals surface area contributed by atoms with Crippen molar-refractivity contribution >= 4 is 38.8 Å². The number of nitrogens with one attached hydrogen (secondary N) is 2. The molecule has 0 atom stereocenters. The Kier molecular flexibility index (Phi) is 5.59. The highest BCUT2D eigenvalue weighted by Gasteiger charge is 2.30. The van der Waals surface area contributed by atoms with Crippen LogP contribution in [-0.2, 0) is 11.3 Å². The summed E-state index contributed by atoms with van der Waals surface area (Å²) in [6.07, 6.45) is 9.72. The Labute approximate surface area is 188 Å². The number of aromatic nitrogens is 5. The van der Waals surface area contributed by atoms with Crippen LogP contribution in [0.3, 0.4) is 0 Å². The van der Waals surface area contributed by atoms with Crippen molar-refractivity contribution in [3.05, 3.63) is 54.7 Å². The molecule has 3 aromatic heterocycles. The predicted molar refractivity (Wildman–Crippen MR) is 121 cm³/mol. The first-order valence-electron chi connectivity index (χ1n) is 10.4. The number of amides is 2. The number of carbonyl (C=O) groups is 2. The lowest BCUT2D eigenvalue weighted by molar-refractivity contribution is -0.117. The molecule has 0 unspecified atom stereocenters. The van der Waals surface area contributed by atoms with E-state index in [1.807, 2.05) is 22.9 Å². The number of hydrogen-bond donors (Lipinski definition) is 2. The summed E-state index contributed by atoms with van der Waals surface area (Å²) in [5.41, 5.74) is 2.50. The Morgan fingerprint density at radius 3 is 2.94 bits per heavy atom. The molecule has 1 aliphatic carbocycles. The highest BCUT2D eigenvalue weighted by Crippen LogP contribution is 2.32. The Bertz CT molecular complexity index is 1260. The molecule has 1 fully saturated rings. The van der Waals surface area contributed by atoms with Crippen LogP contribution < -0.4 is 10.6 Å². The summed E-state index contributed by atoms with van der Waals surface area (Å²) in [6.45, 7) is 1.37. The standard InChI is InChI=1S/C22H21N7O2S/c30-19(24-7-2-9-29-10-8-23-13-29)16-4-1-3-15(11-16)17-12-25-18-21(26-17)32-22(27-18)28-20(31)14-5-6-14/h1,3-4,8,10-14H,2,5-7,9H2,(H,24,30)(H,25,27,28,31). The number of fused-ring (bicyclic) bond motifs is 1. The van der Waals surface area contributed by atoms with Crippen molar-refractivity contribution in [1.29, 1.82) is 0 Å². The summed E-state index contributed by atoms with van der Waals surface area (Å²) >= 11 is 1.30. The van der Waals surface area contributed by atoms with E-state index in [0.717, 1.165) is 31.4 Å². The highest BCUT2D eigenvalue weighted by atomic mass is 32.1. The van der Waals surface area contributed by atoms with Gasteiger partial charge in [0.1, 0.15) is 0 Å². The van der Waals surface area contributed by atoms with Gasteiger partial charge in [0.15, 0.2) is 15.6 Å². The zero-order valence-electron chi connectivity index (χ0n) is 17.2. The molecule has 3 heterocycles. The molecule has 32 heavy (non-hydrogen) atoms. The molecule has 0 saturated heterocycles. The molecule has 1 aromatic carbocycles. The first kappa shape index (κ1) is 20.3. The molecule has 0 spiro atoms. The third kappa shape index (κ3) is 4.65. The number of aryl methyl sites for hydroxylation is 1. The minimum atomic E-state index is -0.130. The summed E-state index contributed by atoms with van der Waals surface area (Å²) in [5, 5.41) is 6.30. The Balaban J connectivity index is 1.25. The van der Waals surface area contributed by atoms with Crippen LogP contribution >= 0.6 is 11.3 Å². The van der Waals surface area contributed by atoms with E-state index in [1.54, 1.807) is 30.9 Å². The van der Waals surface area contributed by atoms with Crippen molar-refractivity contribution in [3.8, 4) is 11.3 Å². The fourth-order valence-corrected chi connectivity index (χ4v) is 4.07. The highest BCUT2D eigenvalue weighted by molar-refractivity contribution is 7.21. The lowest BCUT2D eigenvalue weighted by Crippen LogP contribution is -2.25. The van der Waals surface area contributed by atoms with Crippen molar-refractivity contribution in [1.82, 2.24) is 29.8 Å². The fraction of sp³-hybridized carbons (Fsp3) is 0.273. The Hall–Kier alpha value is -3.66. The summed E-state index contributed by atoms with van der Waals surface area (Å²) < 4.78 is 1.98. The first-order valence-corrected chi connectivity index (χ1v) is 11.3. The van der Waals surface area contributed by atoms with Gasteiger partial charge in [-0.05, 0) is 31.4 Å². The molecular weight excluding hydrogens is 426 g/mol. The van der Waals surface area contributed by atoms with Crippen molar-refractivity contribution in [2.45, 2.75) is 25.8 Å². The quantitative estimate of drug-likeness (QED) is 0.401. The van der Waals surface area contributed by atoms with Gasteiger partial charge in [-0.2, -0.15) is 4.98 Å². The molecule has 0 radical (unpaired) electrons. The molecule has 10 heteroatoms.